The lowest BCUT2D eigenvalue weighted by Gasteiger charge is -2.26. The number of esters is 1. The number of benzene rings is 1. The van der Waals surface area contributed by atoms with Crippen LogP contribution < -0.4 is 0 Å². The van der Waals surface area contributed by atoms with Gasteiger partial charge in [0, 0.05) is 6.42 Å². The maximum Gasteiger partial charge on any atom is 0.452 e. The molecule has 7 heteroatoms. The van der Waals surface area contributed by atoms with Gasteiger partial charge in [0.25, 0.3) is 0 Å². The van der Waals surface area contributed by atoms with Crippen LogP contribution in [-0.2, 0) is 4.74 Å². The molecule has 0 fully saturated rings. The van der Waals surface area contributed by atoms with Crippen molar-refractivity contribution in [3.63, 3.8) is 0 Å². The van der Waals surface area contributed by atoms with Gasteiger partial charge < -0.3 is 4.74 Å². The van der Waals surface area contributed by atoms with Gasteiger partial charge in [0.05, 0.1) is 12.1 Å². The standard InChI is InChI=1S/C11H9F3N2O2/c12-11(13,14)10(6-7-15-16-10)18-9(17)8-4-2-1-3-5-8/h1-5H,6-7H2. The van der Waals surface area contributed by atoms with E-state index >= 15 is 0 Å². The zero-order valence-corrected chi connectivity index (χ0v) is 9.15. The average Bonchev–Trinajstić information content (AvgIpc) is 2.79. The van der Waals surface area contributed by atoms with Gasteiger partial charge in [-0.15, -0.1) is 5.11 Å². The van der Waals surface area contributed by atoms with Crippen molar-refractivity contribution < 1.29 is 22.7 Å². The SMILES string of the molecule is O=C(OC1(C(F)(F)F)CCN=N1)c1ccccc1. The lowest BCUT2D eigenvalue weighted by Crippen LogP contribution is -2.46. The summed E-state index contributed by atoms with van der Waals surface area (Å²) in [5.74, 6) is -1.06. The second-order valence-electron chi connectivity index (χ2n) is 3.75. The van der Waals surface area contributed by atoms with Crippen LogP contribution >= 0.6 is 0 Å². The minimum absolute atomic E-state index is 0.0447. The van der Waals surface area contributed by atoms with Crippen molar-refractivity contribution in [2.75, 3.05) is 6.54 Å². The number of carbonyl (C=O) groups is 1. The van der Waals surface area contributed by atoms with Gasteiger partial charge >= 0.3 is 17.9 Å². The molecule has 0 spiro atoms. The van der Waals surface area contributed by atoms with E-state index in [0.717, 1.165) is 0 Å². The number of hydrogen-bond acceptors (Lipinski definition) is 4. The molecular formula is C11H9F3N2O2. The van der Waals surface area contributed by atoms with Crippen molar-refractivity contribution >= 4 is 5.97 Å². The van der Waals surface area contributed by atoms with E-state index in [1.165, 1.54) is 24.3 Å². The summed E-state index contributed by atoms with van der Waals surface area (Å²) in [6.07, 6.45) is -5.24. The van der Waals surface area contributed by atoms with Crippen LogP contribution in [0.3, 0.4) is 0 Å². The Labute approximate surface area is 100 Å². The van der Waals surface area contributed by atoms with E-state index in [4.69, 9.17) is 0 Å². The normalized spacial score (nSPS) is 23.1. The molecule has 1 heterocycles. The topological polar surface area (TPSA) is 51.0 Å². The first-order valence-corrected chi connectivity index (χ1v) is 5.18. The quantitative estimate of drug-likeness (QED) is 0.766. The van der Waals surface area contributed by atoms with Gasteiger partial charge in [0.15, 0.2) is 0 Å². The molecule has 1 unspecified atom stereocenters. The first-order valence-electron chi connectivity index (χ1n) is 5.18. The molecule has 1 aliphatic rings. The fourth-order valence-electron chi connectivity index (χ4n) is 1.53. The number of ether oxygens (including phenoxy) is 1. The second-order valence-corrected chi connectivity index (χ2v) is 3.75. The maximum absolute atomic E-state index is 12.9. The Morgan fingerprint density at radius 2 is 1.94 bits per heavy atom. The number of azo groups is 1. The number of rotatable bonds is 2. The molecule has 18 heavy (non-hydrogen) atoms. The molecule has 0 aliphatic carbocycles. The third kappa shape index (κ3) is 2.20. The Kier molecular flexibility index (Phi) is 3.06. The van der Waals surface area contributed by atoms with E-state index in [1.54, 1.807) is 6.07 Å². The summed E-state index contributed by atoms with van der Waals surface area (Å²) >= 11 is 0. The molecule has 96 valence electrons. The third-order valence-electron chi connectivity index (χ3n) is 2.50. The van der Waals surface area contributed by atoms with Crippen LogP contribution in [-0.4, -0.2) is 24.4 Å². The van der Waals surface area contributed by atoms with Gasteiger partial charge in [-0.25, -0.2) is 4.79 Å². The Morgan fingerprint density at radius 3 is 2.44 bits per heavy atom. The van der Waals surface area contributed by atoms with Gasteiger partial charge in [-0.2, -0.15) is 18.3 Å². The van der Waals surface area contributed by atoms with Crippen molar-refractivity contribution in [1.29, 1.82) is 0 Å². The maximum atomic E-state index is 12.9. The number of carbonyl (C=O) groups excluding carboxylic acids is 1. The summed E-state index contributed by atoms with van der Waals surface area (Å²) < 4.78 is 43.1. The first-order chi connectivity index (χ1) is 8.45. The minimum Gasteiger partial charge on any atom is -0.422 e. The van der Waals surface area contributed by atoms with Gasteiger partial charge in [-0.3, -0.25) is 0 Å². The van der Waals surface area contributed by atoms with Gasteiger partial charge in [0.2, 0.25) is 0 Å². The van der Waals surface area contributed by atoms with E-state index in [2.05, 4.69) is 15.0 Å². The van der Waals surface area contributed by atoms with Crippen molar-refractivity contribution in [3.8, 4) is 0 Å². The summed E-state index contributed by atoms with van der Waals surface area (Å²) in [4.78, 5) is 11.6. The van der Waals surface area contributed by atoms with E-state index in [1.807, 2.05) is 0 Å². The van der Waals surface area contributed by atoms with Crippen LogP contribution in [0.2, 0.25) is 0 Å². The highest BCUT2D eigenvalue weighted by Gasteiger charge is 2.60. The second kappa shape index (κ2) is 4.40. The highest BCUT2D eigenvalue weighted by atomic mass is 19.4. The molecule has 2 rings (SSSR count). The molecule has 0 aromatic heterocycles. The number of halogens is 3. The number of hydrogen-bond donors (Lipinski definition) is 0. The predicted octanol–water partition coefficient (Wildman–Crippen LogP) is 2.96. The third-order valence-corrected chi connectivity index (χ3v) is 2.50. The Bertz CT molecular complexity index is 473. The van der Waals surface area contributed by atoms with Crippen LogP contribution in [0.5, 0.6) is 0 Å². The Morgan fingerprint density at radius 1 is 1.28 bits per heavy atom. The first kappa shape index (κ1) is 12.5. The van der Waals surface area contributed by atoms with E-state index in [-0.39, 0.29) is 12.1 Å². The molecule has 4 nitrogen and oxygen atoms in total. The van der Waals surface area contributed by atoms with Crippen molar-refractivity contribution in [3.05, 3.63) is 35.9 Å². The smallest absolute Gasteiger partial charge is 0.422 e. The highest BCUT2D eigenvalue weighted by molar-refractivity contribution is 5.89. The van der Waals surface area contributed by atoms with Crippen molar-refractivity contribution in [2.24, 2.45) is 10.2 Å². The predicted molar refractivity (Wildman–Crippen MR) is 55.0 cm³/mol. The summed E-state index contributed by atoms with van der Waals surface area (Å²) in [6.45, 7) is -0.110. The molecule has 1 atom stereocenters. The molecule has 0 radical (unpaired) electrons. The van der Waals surface area contributed by atoms with Crippen LogP contribution in [0.4, 0.5) is 13.2 Å². The van der Waals surface area contributed by atoms with Gasteiger partial charge in [-0.1, -0.05) is 18.2 Å². The monoisotopic (exact) mass is 258 g/mol. The van der Waals surface area contributed by atoms with Crippen LogP contribution in [0.1, 0.15) is 16.8 Å². The minimum atomic E-state index is -4.77. The number of alkyl halides is 3. The molecule has 0 bridgehead atoms. The van der Waals surface area contributed by atoms with Crippen LogP contribution in [0, 0.1) is 0 Å². The van der Waals surface area contributed by atoms with Gasteiger partial charge in [-0.05, 0) is 12.1 Å². The van der Waals surface area contributed by atoms with Crippen LogP contribution in [0.25, 0.3) is 0 Å². The summed E-state index contributed by atoms with van der Waals surface area (Å²) in [7, 11) is 0. The molecule has 1 aliphatic heterocycles. The van der Waals surface area contributed by atoms with E-state index in [9.17, 15) is 18.0 Å². The van der Waals surface area contributed by atoms with Crippen molar-refractivity contribution in [2.45, 2.75) is 18.3 Å². The van der Waals surface area contributed by atoms with Crippen LogP contribution in [0.15, 0.2) is 40.6 Å². The van der Waals surface area contributed by atoms with Crippen molar-refractivity contribution in [1.82, 2.24) is 0 Å². The van der Waals surface area contributed by atoms with E-state index in [0.29, 0.717) is 0 Å². The molecular weight excluding hydrogens is 249 g/mol. The molecule has 1 aromatic rings. The zero-order chi connectivity index (χ0) is 13.2. The lowest BCUT2D eigenvalue weighted by molar-refractivity contribution is -0.254. The molecule has 0 saturated carbocycles. The lowest BCUT2D eigenvalue weighted by atomic mass is 10.1. The molecule has 0 N–H and O–H groups in total. The molecule has 0 amide bonds. The zero-order valence-electron chi connectivity index (χ0n) is 9.15. The Balaban J connectivity index is 2.22. The van der Waals surface area contributed by atoms with Gasteiger partial charge in [0.1, 0.15) is 0 Å². The Hall–Kier alpha value is -1.92. The summed E-state index contributed by atoms with van der Waals surface area (Å²) in [6, 6.07) is 7.46. The summed E-state index contributed by atoms with van der Waals surface area (Å²) in [5.41, 5.74) is -2.79. The average molecular weight is 258 g/mol. The fraction of sp³-hybridized carbons (Fsp3) is 0.364. The fourth-order valence-corrected chi connectivity index (χ4v) is 1.53. The largest absolute Gasteiger partial charge is 0.452 e. The van der Waals surface area contributed by atoms with E-state index < -0.39 is 24.3 Å². The highest BCUT2D eigenvalue weighted by Crippen LogP contribution is 2.41. The molecule has 0 saturated heterocycles. The summed E-state index contributed by atoms with van der Waals surface area (Å²) in [5, 5.41) is 6.34. The molecule has 1 aromatic carbocycles. The number of nitrogens with zero attached hydrogens (tertiary/aromatic N) is 2.